The molecule has 3 heterocycles. The number of fused-ring (bicyclic) bond motifs is 1. The van der Waals surface area contributed by atoms with Gasteiger partial charge in [0.15, 0.2) is 0 Å². The molecule has 9 nitrogen and oxygen atoms in total. The summed E-state index contributed by atoms with van der Waals surface area (Å²) in [5.41, 5.74) is 2.49. The molecule has 3 aromatic rings. The predicted molar refractivity (Wildman–Crippen MR) is 119 cm³/mol. The van der Waals surface area contributed by atoms with Crippen molar-refractivity contribution in [1.82, 2.24) is 14.7 Å². The van der Waals surface area contributed by atoms with Crippen molar-refractivity contribution in [2.45, 2.75) is 26.9 Å². The first-order valence-electron chi connectivity index (χ1n) is 9.91. The summed E-state index contributed by atoms with van der Waals surface area (Å²) < 4.78 is 26.6. The molecule has 0 bridgehead atoms. The minimum atomic E-state index is -0.592. The highest BCUT2D eigenvalue weighted by molar-refractivity contribution is 5.90. The van der Waals surface area contributed by atoms with Crippen LogP contribution in [0.1, 0.15) is 20.0 Å². The summed E-state index contributed by atoms with van der Waals surface area (Å²) in [6.45, 7) is 1.78. The second-order valence-corrected chi connectivity index (χ2v) is 7.39. The Labute approximate surface area is 190 Å². The number of hydrogen-bond donors (Lipinski definition) is 1. The van der Waals surface area contributed by atoms with Gasteiger partial charge in [-0.25, -0.2) is 14.2 Å². The molecule has 0 saturated carbocycles. The monoisotopic (exact) mass is 456 g/mol. The molecule has 0 unspecified atom stereocenters. The van der Waals surface area contributed by atoms with E-state index in [2.05, 4.69) is 15.0 Å². The Morgan fingerprint density at radius 3 is 2.76 bits per heavy atom. The molecule has 4 rings (SSSR count). The van der Waals surface area contributed by atoms with Crippen LogP contribution in [0.3, 0.4) is 0 Å². The maximum Gasteiger partial charge on any atom is 0.414 e. The van der Waals surface area contributed by atoms with Crippen LogP contribution in [0.25, 0.3) is 16.8 Å². The Kier molecular flexibility index (Phi) is 6.95. The minimum Gasteiger partial charge on any atom is -0.469 e. The number of rotatable bonds is 6. The van der Waals surface area contributed by atoms with Gasteiger partial charge in [0.1, 0.15) is 17.6 Å². The predicted octanol–water partition coefficient (Wildman–Crippen LogP) is 2.95. The highest BCUT2D eigenvalue weighted by atomic mass is 19.1. The third kappa shape index (κ3) is 5.11. The van der Waals surface area contributed by atoms with E-state index in [9.17, 15) is 18.8 Å². The SMILES string of the molecule is C.COC(=O)Cc1cn2cc(-c3ccc(N4C[C@H](CNC(C)=O)OC4=O)cc3F)ccc2n1. The molecule has 0 radical (unpaired) electrons. The van der Waals surface area contributed by atoms with Crippen LogP contribution in [0.5, 0.6) is 0 Å². The fraction of sp³-hybridized carbons (Fsp3) is 0.304. The summed E-state index contributed by atoms with van der Waals surface area (Å²) in [4.78, 5) is 40.4. The lowest BCUT2D eigenvalue weighted by Crippen LogP contribution is -2.33. The Bertz CT molecular complexity index is 1210. The molecule has 1 aromatic carbocycles. The van der Waals surface area contributed by atoms with Crippen LogP contribution in [0, 0.1) is 5.82 Å². The molecule has 10 heteroatoms. The number of anilines is 1. The number of halogens is 1. The lowest BCUT2D eigenvalue weighted by atomic mass is 10.1. The lowest BCUT2D eigenvalue weighted by molar-refractivity contribution is -0.139. The Morgan fingerprint density at radius 1 is 1.27 bits per heavy atom. The number of benzene rings is 1. The van der Waals surface area contributed by atoms with Gasteiger partial charge in [-0.15, -0.1) is 0 Å². The topological polar surface area (TPSA) is 102 Å². The number of ether oxygens (including phenoxy) is 2. The number of imidazole rings is 1. The van der Waals surface area contributed by atoms with Crippen molar-refractivity contribution in [1.29, 1.82) is 0 Å². The molecule has 0 aliphatic carbocycles. The summed E-state index contributed by atoms with van der Waals surface area (Å²) in [7, 11) is 1.31. The van der Waals surface area contributed by atoms with E-state index < -0.39 is 24.0 Å². The summed E-state index contributed by atoms with van der Waals surface area (Å²) in [6, 6.07) is 7.97. The average Bonchev–Trinajstić information content (AvgIpc) is 3.33. The Hall–Kier alpha value is -3.95. The van der Waals surface area contributed by atoms with Crippen LogP contribution in [0.2, 0.25) is 0 Å². The van der Waals surface area contributed by atoms with E-state index >= 15 is 0 Å². The smallest absolute Gasteiger partial charge is 0.414 e. The molecular formula is C23H25FN4O5. The Balaban J connectivity index is 0.00000306. The van der Waals surface area contributed by atoms with Crippen LogP contribution >= 0.6 is 0 Å². The molecule has 2 amide bonds. The van der Waals surface area contributed by atoms with Gasteiger partial charge in [-0.2, -0.15) is 0 Å². The molecule has 1 aliphatic rings. The van der Waals surface area contributed by atoms with Gasteiger partial charge in [-0.3, -0.25) is 14.5 Å². The van der Waals surface area contributed by atoms with Crippen molar-refractivity contribution in [3.05, 3.63) is 54.2 Å². The minimum absolute atomic E-state index is 0. The molecule has 174 valence electrons. The lowest BCUT2D eigenvalue weighted by Gasteiger charge is -2.14. The summed E-state index contributed by atoms with van der Waals surface area (Å²) in [6.07, 6.45) is 2.36. The molecular weight excluding hydrogens is 431 g/mol. The second-order valence-electron chi connectivity index (χ2n) is 7.39. The van der Waals surface area contributed by atoms with Gasteiger partial charge < -0.3 is 19.2 Å². The number of pyridine rings is 1. The van der Waals surface area contributed by atoms with Crippen LogP contribution in [0.4, 0.5) is 14.9 Å². The largest absolute Gasteiger partial charge is 0.469 e. The molecule has 1 fully saturated rings. The zero-order valence-electron chi connectivity index (χ0n) is 17.5. The van der Waals surface area contributed by atoms with Gasteiger partial charge in [-0.1, -0.05) is 7.43 Å². The number of nitrogens with zero attached hydrogens (tertiary/aromatic N) is 3. The molecule has 1 N–H and O–H groups in total. The number of cyclic esters (lactones) is 1. The normalized spacial score (nSPS) is 15.2. The van der Waals surface area contributed by atoms with Crippen molar-refractivity contribution in [3.63, 3.8) is 0 Å². The van der Waals surface area contributed by atoms with Gasteiger partial charge in [0, 0.05) is 30.4 Å². The maximum atomic E-state index is 15.0. The van der Waals surface area contributed by atoms with E-state index in [-0.39, 0.29) is 32.8 Å². The third-order valence-corrected chi connectivity index (χ3v) is 5.08. The first kappa shape index (κ1) is 23.7. The quantitative estimate of drug-likeness (QED) is 0.572. The van der Waals surface area contributed by atoms with Gasteiger partial charge in [0.25, 0.3) is 0 Å². The highest BCUT2D eigenvalue weighted by Crippen LogP contribution is 2.29. The number of esters is 1. The number of aromatic nitrogens is 2. The van der Waals surface area contributed by atoms with E-state index in [1.54, 1.807) is 41.1 Å². The van der Waals surface area contributed by atoms with Crippen LogP contribution in [-0.4, -0.2) is 53.7 Å². The van der Waals surface area contributed by atoms with E-state index in [1.807, 2.05) is 0 Å². The molecule has 1 saturated heterocycles. The van der Waals surface area contributed by atoms with Crippen molar-refractivity contribution in [2.24, 2.45) is 0 Å². The van der Waals surface area contributed by atoms with Crippen molar-refractivity contribution < 1.29 is 28.2 Å². The molecule has 1 aliphatic heterocycles. The van der Waals surface area contributed by atoms with Gasteiger partial charge in [0.05, 0.1) is 38.0 Å². The van der Waals surface area contributed by atoms with Gasteiger partial charge in [0.2, 0.25) is 5.91 Å². The molecule has 0 spiro atoms. The standard InChI is InChI=1S/C22H21FN4O5.CH4/c1-13(28)24-9-17-12-27(22(30)32-17)16-4-5-18(19(23)8-16)14-3-6-20-25-15(7-21(29)31-2)11-26(20)10-14;/h3-6,8,10-11,17H,7,9,12H2,1-2H3,(H,24,28);1H4/t17-;/m0./s1. The zero-order chi connectivity index (χ0) is 22.8. The first-order chi connectivity index (χ1) is 15.3. The van der Waals surface area contributed by atoms with Crippen LogP contribution in [0.15, 0.2) is 42.7 Å². The van der Waals surface area contributed by atoms with Gasteiger partial charge >= 0.3 is 12.1 Å². The highest BCUT2D eigenvalue weighted by Gasteiger charge is 2.32. The van der Waals surface area contributed by atoms with Crippen LogP contribution < -0.4 is 10.2 Å². The van der Waals surface area contributed by atoms with Crippen molar-refractivity contribution >= 4 is 29.3 Å². The number of carbonyl (C=O) groups is 3. The van der Waals surface area contributed by atoms with Crippen molar-refractivity contribution in [2.75, 3.05) is 25.1 Å². The fourth-order valence-electron chi connectivity index (χ4n) is 3.51. The number of methoxy groups -OCH3 is 1. The van der Waals surface area contributed by atoms with Crippen LogP contribution in [-0.2, 0) is 25.5 Å². The average molecular weight is 456 g/mol. The summed E-state index contributed by atoms with van der Waals surface area (Å²) in [5, 5.41) is 2.60. The van der Waals surface area contributed by atoms with E-state index in [0.717, 1.165) is 0 Å². The van der Waals surface area contributed by atoms with E-state index in [4.69, 9.17) is 4.74 Å². The molecule has 2 aromatic heterocycles. The molecule has 1 atom stereocenters. The number of carbonyl (C=O) groups excluding carboxylic acids is 3. The fourth-order valence-corrected chi connectivity index (χ4v) is 3.51. The number of amides is 2. The molecule has 33 heavy (non-hydrogen) atoms. The first-order valence-corrected chi connectivity index (χ1v) is 9.91. The number of nitrogens with one attached hydrogen (secondary N) is 1. The van der Waals surface area contributed by atoms with Gasteiger partial charge in [-0.05, 0) is 30.3 Å². The van der Waals surface area contributed by atoms with Crippen molar-refractivity contribution in [3.8, 4) is 11.1 Å². The Morgan fingerprint density at radius 2 is 2.06 bits per heavy atom. The zero-order valence-corrected chi connectivity index (χ0v) is 17.5. The summed E-state index contributed by atoms with van der Waals surface area (Å²) >= 11 is 0. The number of hydrogen-bond acceptors (Lipinski definition) is 6. The second kappa shape index (κ2) is 9.68. The maximum absolute atomic E-state index is 15.0. The summed E-state index contributed by atoms with van der Waals surface area (Å²) in [5.74, 6) is -1.12. The van der Waals surface area contributed by atoms with E-state index in [1.165, 1.54) is 25.0 Å². The van der Waals surface area contributed by atoms with E-state index in [0.29, 0.717) is 28.2 Å². The third-order valence-electron chi connectivity index (χ3n) is 5.08.